The molecule has 1 aliphatic heterocycles. The summed E-state index contributed by atoms with van der Waals surface area (Å²) in [6.07, 6.45) is -1.03. The Bertz CT molecular complexity index is 1290. The highest BCUT2D eigenvalue weighted by molar-refractivity contribution is 7.92. The van der Waals surface area contributed by atoms with Crippen molar-refractivity contribution in [3.63, 3.8) is 0 Å². The highest BCUT2D eigenvalue weighted by Crippen LogP contribution is 2.38. The molecule has 34 heavy (non-hydrogen) atoms. The molecule has 8 nitrogen and oxygen atoms in total. The summed E-state index contributed by atoms with van der Waals surface area (Å²) < 4.78 is 44.7. The first-order valence-corrected chi connectivity index (χ1v) is 12.1. The summed E-state index contributed by atoms with van der Waals surface area (Å²) in [7, 11) is -0.886. The van der Waals surface area contributed by atoms with Crippen LogP contribution in [0.2, 0.25) is 0 Å². The van der Waals surface area contributed by atoms with E-state index in [4.69, 9.17) is 14.2 Å². The molecule has 0 aromatic heterocycles. The van der Waals surface area contributed by atoms with Crippen molar-refractivity contribution >= 4 is 21.6 Å². The number of carbonyl (C=O) groups is 1. The van der Waals surface area contributed by atoms with Crippen molar-refractivity contribution in [3.05, 3.63) is 77.9 Å². The van der Waals surface area contributed by atoms with E-state index in [1.807, 2.05) is 25.1 Å². The van der Waals surface area contributed by atoms with Crippen molar-refractivity contribution < 1.29 is 27.4 Å². The Labute approximate surface area is 199 Å². The third-order valence-electron chi connectivity index (χ3n) is 5.57. The van der Waals surface area contributed by atoms with Gasteiger partial charge in [0.25, 0.3) is 15.9 Å². The normalized spacial score (nSPS) is 15.1. The molecule has 0 aliphatic carbocycles. The first-order valence-electron chi connectivity index (χ1n) is 10.7. The fourth-order valence-corrected chi connectivity index (χ4v) is 5.22. The predicted octanol–water partition coefficient (Wildman–Crippen LogP) is 3.28. The molecular weight excluding hydrogens is 456 g/mol. The molecule has 1 amide bonds. The third-order valence-corrected chi connectivity index (χ3v) is 7.36. The molecule has 4 rings (SSSR count). The zero-order valence-corrected chi connectivity index (χ0v) is 20.0. The van der Waals surface area contributed by atoms with Gasteiger partial charge in [0.2, 0.25) is 0 Å². The number of amides is 1. The predicted molar refractivity (Wildman–Crippen MR) is 128 cm³/mol. The molecule has 0 unspecified atom stereocenters. The number of ether oxygens (including phenoxy) is 3. The van der Waals surface area contributed by atoms with Gasteiger partial charge >= 0.3 is 0 Å². The van der Waals surface area contributed by atoms with Gasteiger partial charge in [-0.25, -0.2) is 8.42 Å². The second kappa shape index (κ2) is 9.64. The van der Waals surface area contributed by atoms with Crippen molar-refractivity contribution in [2.75, 3.05) is 25.1 Å². The zero-order valence-electron chi connectivity index (χ0n) is 19.1. The lowest BCUT2D eigenvalue weighted by atomic mass is 10.1. The van der Waals surface area contributed by atoms with E-state index in [2.05, 4.69) is 5.32 Å². The molecule has 3 aromatic carbocycles. The van der Waals surface area contributed by atoms with E-state index in [0.29, 0.717) is 22.9 Å². The maximum absolute atomic E-state index is 13.5. The van der Waals surface area contributed by atoms with Crippen molar-refractivity contribution in [3.8, 4) is 17.2 Å². The first-order chi connectivity index (χ1) is 16.3. The van der Waals surface area contributed by atoms with Crippen LogP contribution in [0.25, 0.3) is 0 Å². The molecule has 9 heteroatoms. The van der Waals surface area contributed by atoms with Crippen LogP contribution in [0, 0.1) is 6.92 Å². The summed E-state index contributed by atoms with van der Waals surface area (Å²) in [6, 6.07) is 18.7. The largest absolute Gasteiger partial charge is 0.497 e. The minimum absolute atomic E-state index is 0.0925. The highest BCUT2D eigenvalue weighted by Gasteiger charge is 2.37. The number of anilines is 1. The summed E-state index contributed by atoms with van der Waals surface area (Å²) in [5, 5.41) is 2.83. The summed E-state index contributed by atoms with van der Waals surface area (Å²) in [4.78, 5) is 13.1. The van der Waals surface area contributed by atoms with E-state index < -0.39 is 22.0 Å². The van der Waals surface area contributed by atoms with Gasteiger partial charge in [-0.1, -0.05) is 24.3 Å². The Morgan fingerprint density at radius 2 is 1.79 bits per heavy atom. The second-order valence-corrected chi connectivity index (χ2v) is 9.68. The lowest BCUT2D eigenvalue weighted by molar-refractivity contribution is -0.127. The monoisotopic (exact) mass is 482 g/mol. The molecule has 0 bridgehead atoms. The number of rotatable bonds is 7. The molecule has 178 valence electrons. The molecule has 0 fully saturated rings. The standard InChI is InChI=1S/C25H26N2O6S/c1-17-8-13-21-23(14-17)33-24(25(28)26-15-18-6-4-5-7-22(18)32-3)16-27(21)34(29,30)20-11-9-19(31-2)10-12-20/h4-14,24H,15-16H2,1-3H3,(H,26,28)/t24-/m0/s1. The van der Waals surface area contributed by atoms with Gasteiger partial charge in [-0.15, -0.1) is 0 Å². The molecule has 1 aliphatic rings. The zero-order chi connectivity index (χ0) is 24.3. The van der Waals surface area contributed by atoms with Crippen LogP contribution >= 0.6 is 0 Å². The van der Waals surface area contributed by atoms with Gasteiger partial charge in [-0.3, -0.25) is 9.10 Å². The van der Waals surface area contributed by atoms with Crippen LogP contribution in [0.5, 0.6) is 17.2 Å². The Morgan fingerprint density at radius 1 is 1.06 bits per heavy atom. The molecule has 1 N–H and O–H groups in total. The molecule has 0 radical (unpaired) electrons. The Balaban J connectivity index is 1.62. The fraction of sp³-hybridized carbons (Fsp3) is 0.240. The molecule has 1 atom stereocenters. The average molecular weight is 483 g/mol. The molecule has 3 aromatic rings. The van der Waals surface area contributed by atoms with Gasteiger partial charge in [0.05, 0.1) is 31.3 Å². The van der Waals surface area contributed by atoms with Gasteiger partial charge < -0.3 is 19.5 Å². The summed E-state index contributed by atoms with van der Waals surface area (Å²) in [6.45, 7) is 1.92. The molecule has 0 saturated heterocycles. The van der Waals surface area contributed by atoms with Crippen LogP contribution in [0.1, 0.15) is 11.1 Å². The SMILES string of the molecule is COc1ccc(S(=O)(=O)N2C[C@@H](C(=O)NCc3ccccc3OC)Oc3cc(C)ccc32)cc1. The molecule has 1 heterocycles. The number of fused-ring (bicyclic) bond motifs is 1. The van der Waals surface area contributed by atoms with E-state index in [1.54, 1.807) is 43.5 Å². The lowest BCUT2D eigenvalue weighted by Gasteiger charge is -2.35. The number of carbonyl (C=O) groups excluding carboxylic acids is 1. The van der Waals surface area contributed by atoms with Crippen LogP contribution in [0.3, 0.4) is 0 Å². The number of benzene rings is 3. The van der Waals surface area contributed by atoms with Gasteiger partial charge in [-0.05, 0) is 55.0 Å². The van der Waals surface area contributed by atoms with Gasteiger partial charge in [0.1, 0.15) is 17.2 Å². The maximum Gasteiger partial charge on any atom is 0.264 e. The maximum atomic E-state index is 13.5. The van der Waals surface area contributed by atoms with Gasteiger partial charge in [0.15, 0.2) is 6.10 Å². The molecular formula is C25H26N2O6S. The van der Waals surface area contributed by atoms with E-state index >= 15 is 0 Å². The third kappa shape index (κ3) is 4.65. The average Bonchev–Trinajstić information content (AvgIpc) is 2.86. The number of sulfonamides is 1. The van der Waals surface area contributed by atoms with Crippen LogP contribution in [0.4, 0.5) is 5.69 Å². The van der Waals surface area contributed by atoms with Crippen molar-refractivity contribution in [2.45, 2.75) is 24.5 Å². The number of hydrogen-bond donors (Lipinski definition) is 1. The number of methoxy groups -OCH3 is 2. The lowest BCUT2D eigenvalue weighted by Crippen LogP contribution is -2.50. The number of para-hydroxylation sites is 1. The number of nitrogens with zero attached hydrogens (tertiary/aromatic N) is 1. The van der Waals surface area contributed by atoms with Crippen LogP contribution < -0.4 is 23.8 Å². The van der Waals surface area contributed by atoms with Crippen molar-refractivity contribution in [1.29, 1.82) is 0 Å². The van der Waals surface area contributed by atoms with E-state index in [9.17, 15) is 13.2 Å². The minimum Gasteiger partial charge on any atom is -0.497 e. The summed E-state index contributed by atoms with van der Waals surface area (Å²) in [5.74, 6) is 1.11. The summed E-state index contributed by atoms with van der Waals surface area (Å²) in [5.41, 5.74) is 2.07. The molecule has 0 spiro atoms. The first kappa shape index (κ1) is 23.4. The number of hydrogen-bond acceptors (Lipinski definition) is 6. The van der Waals surface area contributed by atoms with E-state index in [1.165, 1.54) is 23.5 Å². The van der Waals surface area contributed by atoms with Crippen molar-refractivity contribution in [2.24, 2.45) is 0 Å². The highest BCUT2D eigenvalue weighted by atomic mass is 32.2. The summed E-state index contributed by atoms with van der Waals surface area (Å²) >= 11 is 0. The van der Waals surface area contributed by atoms with Crippen molar-refractivity contribution in [1.82, 2.24) is 5.32 Å². The van der Waals surface area contributed by atoms with Crippen LogP contribution in [0.15, 0.2) is 71.6 Å². The Kier molecular flexibility index (Phi) is 6.65. The molecule has 0 saturated carbocycles. The Morgan fingerprint density at radius 3 is 2.50 bits per heavy atom. The van der Waals surface area contributed by atoms with Gasteiger partial charge in [0, 0.05) is 12.1 Å². The number of nitrogens with one attached hydrogen (secondary N) is 1. The fourth-order valence-electron chi connectivity index (χ4n) is 3.75. The van der Waals surface area contributed by atoms with E-state index in [0.717, 1.165) is 11.1 Å². The van der Waals surface area contributed by atoms with Gasteiger partial charge in [-0.2, -0.15) is 0 Å². The minimum atomic E-state index is -3.96. The van der Waals surface area contributed by atoms with E-state index in [-0.39, 0.29) is 18.0 Å². The smallest absolute Gasteiger partial charge is 0.264 e. The Hall–Kier alpha value is -3.72. The quantitative estimate of drug-likeness (QED) is 0.556. The number of aryl methyl sites for hydroxylation is 1. The second-order valence-electron chi connectivity index (χ2n) is 7.82. The van der Waals surface area contributed by atoms with Crippen LogP contribution in [-0.2, 0) is 21.4 Å². The topological polar surface area (TPSA) is 94.2 Å². The van der Waals surface area contributed by atoms with Crippen LogP contribution in [-0.4, -0.2) is 41.2 Å².